The molecule has 0 saturated heterocycles. The second-order valence-corrected chi connectivity index (χ2v) is 6.98. The van der Waals surface area contributed by atoms with Crippen LogP contribution in [0.3, 0.4) is 0 Å². The van der Waals surface area contributed by atoms with Crippen molar-refractivity contribution in [3.8, 4) is 5.75 Å². The van der Waals surface area contributed by atoms with Crippen molar-refractivity contribution in [3.63, 3.8) is 0 Å². The molecule has 0 radical (unpaired) electrons. The minimum atomic E-state index is -0.319. The summed E-state index contributed by atoms with van der Waals surface area (Å²) in [6.07, 6.45) is 9.88. The Morgan fingerprint density at radius 3 is 2.55 bits per heavy atom. The molecule has 2 heterocycles. The number of aromatic hydroxyl groups is 1. The number of imidazole rings is 1. The molecule has 0 saturated carbocycles. The normalized spacial score (nSPS) is 16.2. The molecule has 1 aromatic carbocycles. The number of aliphatic hydroxyl groups is 1. The first kappa shape index (κ1) is 22.5. The molecule has 1 unspecified atom stereocenters. The van der Waals surface area contributed by atoms with Gasteiger partial charge in [0, 0.05) is 31.1 Å². The standard InChI is InChI=1S/C21H27N3O3.C2H6/c1-2-3-4-9-18-19(16-7-5-8-17(25)14-16)24(21(27)20(18)26)12-6-11-23-13-10-22-15-23;1-2/h5,7-8,10,13-15,19,25-26H,2-4,6,9,11-12H2,1H3;1-2H3. The lowest BCUT2D eigenvalue weighted by atomic mass is 9.94. The van der Waals surface area contributed by atoms with Gasteiger partial charge in [-0.1, -0.05) is 45.7 Å². The van der Waals surface area contributed by atoms with E-state index in [1.807, 2.05) is 30.7 Å². The predicted molar refractivity (Wildman–Crippen MR) is 115 cm³/mol. The Morgan fingerprint density at radius 2 is 1.90 bits per heavy atom. The molecule has 0 aliphatic carbocycles. The molecule has 29 heavy (non-hydrogen) atoms. The third-order valence-electron chi connectivity index (χ3n) is 5.02. The highest BCUT2D eigenvalue weighted by Crippen LogP contribution is 2.40. The molecule has 2 N–H and O–H groups in total. The number of aromatic nitrogens is 2. The van der Waals surface area contributed by atoms with Crippen molar-refractivity contribution in [3.05, 3.63) is 59.9 Å². The van der Waals surface area contributed by atoms with Crippen LogP contribution < -0.4 is 0 Å². The zero-order valence-electron chi connectivity index (χ0n) is 17.7. The summed E-state index contributed by atoms with van der Waals surface area (Å²) < 4.78 is 1.97. The molecule has 1 aliphatic heterocycles. The van der Waals surface area contributed by atoms with Crippen LogP contribution in [0.4, 0.5) is 0 Å². The highest BCUT2D eigenvalue weighted by atomic mass is 16.3. The monoisotopic (exact) mass is 399 g/mol. The molecule has 1 amide bonds. The second-order valence-electron chi connectivity index (χ2n) is 6.98. The number of unbranched alkanes of at least 4 members (excludes halogenated alkanes) is 2. The molecule has 2 aromatic rings. The van der Waals surface area contributed by atoms with E-state index in [0.717, 1.165) is 43.4 Å². The fraction of sp³-hybridized carbons (Fsp3) is 0.478. The second kappa shape index (κ2) is 11.3. The lowest BCUT2D eigenvalue weighted by Gasteiger charge is -2.27. The van der Waals surface area contributed by atoms with Gasteiger partial charge in [0.05, 0.1) is 12.4 Å². The largest absolute Gasteiger partial charge is 0.508 e. The van der Waals surface area contributed by atoms with Gasteiger partial charge in [-0.05, 0) is 37.0 Å². The summed E-state index contributed by atoms with van der Waals surface area (Å²) in [4.78, 5) is 18.5. The van der Waals surface area contributed by atoms with E-state index in [-0.39, 0.29) is 23.5 Å². The van der Waals surface area contributed by atoms with Crippen molar-refractivity contribution in [1.29, 1.82) is 0 Å². The van der Waals surface area contributed by atoms with Crippen LogP contribution in [0.25, 0.3) is 0 Å². The summed E-state index contributed by atoms with van der Waals surface area (Å²) in [6, 6.07) is 6.66. The van der Waals surface area contributed by atoms with Gasteiger partial charge in [-0.2, -0.15) is 0 Å². The number of carbonyl (C=O) groups is 1. The number of phenols is 1. The van der Waals surface area contributed by atoms with Gasteiger partial charge in [-0.15, -0.1) is 0 Å². The maximum absolute atomic E-state index is 12.7. The molecule has 158 valence electrons. The third-order valence-corrected chi connectivity index (χ3v) is 5.02. The highest BCUT2D eigenvalue weighted by Gasteiger charge is 2.39. The van der Waals surface area contributed by atoms with Crippen molar-refractivity contribution in [2.75, 3.05) is 6.54 Å². The van der Waals surface area contributed by atoms with Crippen LogP contribution in [0.2, 0.25) is 0 Å². The summed E-state index contributed by atoms with van der Waals surface area (Å²) in [5, 5.41) is 20.4. The first-order valence-corrected chi connectivity index (χ1v) is 10.6. The van der Waals surface area contributed by atoms with E-state index in [1.54, 1.807) is 35.6 Å². The summed E-state index contributed by atoms with van der Waals surface area (Å²) in [6.45, 7) is 7.41. The maximum Gasteiger partial charge on any atom is 0.289 e. The lowest BCUT2D eigenvalue weighted by Crippen LogP contribution is -2.32. The average Bonchev–Trinajstić information content (AvgIpc) is 3.33. The molecular weight excluding hydrogens is 366 g/mol. The van der Waals surface area contributed by atoms with Gasteiger partial charge >= 0.3 is 0 Å². The van der Waals surface area contributed by atoms with Crippen molar-refractivity contribution in [2.45, 2.75) is 65.5 Å². The van der Waals surface area contributed by atoms with Crippen LogP contribution in [0, 0.1) is 0 Å². The fourth-order valence-electron chi connectivity index (χ4n) is 3.68. The zero-order valence-corrected chi connectivity index (χ0v) is 17.7. The lowest BCUT2D eigenvalue weighted by molar-refractivity contribution is -0.129. The highest BCUT2D eigenvalue weighted by molar-refractivity contribution is 5.95. The molecule has 1 atom stereocenters. The van der Waals surface area contributed by atoms with Crippen LogP contribution in [-0.4, -0.2) is 37.1 Å². The maximum atomic E-state index is 12.7. The number of nitrogens with zero attached hydrogens (tertiary/aromatic N) is 3. The summed E-state index contributed by atoms with van der Waals surface area (Å²) in [7, 11) is 0. The Bertz CT molecular complexity index is 799. The Hall–Kier alpha value is -2.76. The Balaban J connectivity index is 0.00000145. The number of hydrogen-bond acceptors (Lipinski definition) is 4. The molecule has 0 fully saturated rings. The van der Waals surface area contributed by atoms with E-state index in [4.69, 9.17) is 0 Å². The number of hydrogen-bond donors (Lipinski definition) is 2. The predicted octanol–water partition coefficient (Wildman–Crippen LogP) is 4.98. The molecule has 0 spiro atoms. The summed E-state index contributed by atoms with van der Waals surface area (Å²) >= 11 is 0. The molecule has 1 aromatic heterocycles. The van der Waals surface area contributed by atoms with E-state index in [0.29, 0.717) is 13.0 Å². The van der Waals surface area contributed by atoms with E-state index < -0.39 is 0 Å². The van der Waals surface area contributed by atoms with Crippen molar-refractivity contribution in [2.24, 2.45) is 0 Å². The van der Waals surface area contributed by atoms with Crippen molar-refractivity contribution in [1.82, 2.24) is 14.5 Å². The summed E-state index contributed by atoms with van der Waals surface area (Å²) in [5.41, 5.74) is 1.60. The first-order chi connectivity index (χ1) is 14.1. The Morgan fingerprint density at radius 1 is 1.10 bits per heavy atom. The van der Waals surface area contributed by atoms with Crippen molar-refractivity contribution >= 4 is 5.91 Å². The summed E-state index contributed by atoms with van der Waals surface area (Å²) in [5.74, 6) is -0.278. The SMILES string of the molecule is CC.CCCCCC1=C(O)C(=O)N(CCCn2ccnc2)C1c1cccc(O)c1. The topological polar surface area (TPSA) is 78.6 Å². The van der Waals surface area contributed by atoms with Gasteiger partial charge < -0.3 is 19.7 Å². The number of carbonyl (C=O) groups excluding carboxylic acids is 1. The van der Waals surface area contributed by atoms with Crippen molar-refractivity contribution < 1.29 is 15.0 Å². The van der Waals surface area contributed by atoms with E-state index in [9.17, 15) is 15.0 Å². The Labute approximate surface area is 173 Å². The zero-order chi connectivity index (χ0) is 21.2. The van der Waals surface area contributed by atoms with Gasteiger partial charge in [-0.3, -0.25) is 4.79 Å². The van der Waals surface area contributed by atoms with Gasteiger partial charge in [-0.25, -0.2) is 4.98 Å². The number of rotatable bonds is 9. The number of phenolic OH excluding ortho intramolecular Hbond substituents is 1. The van der Waals surface area contributed by atoms with E-state index in [2.05, 4.69) is 11.9 Å². The molecular formula is C23H33N3O3. The number of amides is 1. The van der Waals surface area contributed by atoms with Gasteiger partial charge in [0.25, 0.3) is 5.91 Å². The minimum absolute atomic E-state index is 0.123. The number of benzene rings is 1. The Kier molecular flexibility index (Phi) is 8.77. The van der Waals surface area contributed by atoms with Crippen LogP contribution in [0.5, 0.6) is 5.75 Å². The average molecular weight is 400 g/mol. The van der Waals surface area contributed by atoms with Gasteiger partial charge in [0.15, 0.2) is 5.76 Å². The number of aryl methyl sites for hydroxylation is 1. The molecule has 0 bridgehead atoms. The third kappa shape index (κ3) is 5.62. The quantitative estimate of drug-likeness (QED) is 0.583. The fourth-order valence-corrected chi connectivity index (χ4v) is 3.68. The van der Waals surface area contributed by atoms with Crippen LogP contribution in [0.15, 0.2) is 54.3 Å². The molecule has 1 aliphatic rings. The van der Waals surface area contributed by atoms with Gasteiger partial charge in [0.1, 0.15) is 5.75 Å². The van der Waals surface area contributed by atoms with E-state index in [1.165, 1.54) is 0 Å². The first-order valence-electron chi connectivity index (χ1n) is 10.6. The van der Waals surface area contributed by atoms with Gasteiger partial charge in [0.2, 0.25) is 0 Å². The van der Waals surface area contributed by atoms with Crippen LogP contribution >= 0.6 is 0 Å². The number of aliphatic hydroxyl groups excluding tert-OH is 1. The molecule has 6 heteroatoms. The molecule has 6 nitrogen and oxygen atoms in total. The molecule has 3 rings (SSSR count). The van der Waals surface area contributed by atoms with Crippen LogP contribution in [-0.2, 0) is 11.3 Å². The van der Waals surface area contributed by atoms with E-state index >= 15 is 0 Å². The smallest absolute Gasteiger partial charge is 0.289 e. The van der Waals surface area contributed by atoms with Crippen LogP contribution in [0.1, 0.15) is 64.5 Å². The minimum Gasteiger partial charge on any atom is -0.508 e.